The third-order valence-corrected chi connectivity index (χ3v) is 7.41. The summed E-state index contributed by atoms with van der Waals surface area (Å²) in [5, 5.41) is 20.7. The zero-order valence-electron chi connectivity index (χ0n) is 23.9. The molecule has 1 unspecified atom stereocenters. The lowest BCUT2D eigenvalue weighted by Crippen LogP contribution is -2.33. The summed E-state index contributed by atoms with van der Waals surface area (Å²) >= 11 is 0. The Morgan fingerprint density at radius 3 is 2.05 bits per heavy atom. The normalized spacial score (nSPS) is 12.7. The Morgan fingerprint density at radius 1 is 0.909 bits per heavy atom. The first-order valence-corrected chi connectivity index (χ1v) is 14.8. The van der Waals surface area contributed by atoms with Crippen LogP contribution < -0.4 is 20.7 Å². The molecule has 1 aromatic heterocycles. The number of ether oxygens (including phenoxy) is 1. The number of rotatable bonds is 8. The fraction of sp³-hybridized carbons (Fsp3) is 0.250. The maximum absolute atomic E-state index is 13.2. The van der Waals surface area contributed by atoms with Crippen LogP contribution in [0.15, 0.2) is 71.6 Å². The number of H-pyrrole nitrogens is 1. The lowest BCUT2D eigenvalue weighted by Gasteiger charge is -2.23. The number of tetrazole rings is 1. The number of sulfone groups is 1. The van der Waals surface area contributed by atoms with Crippen molar-refractivity contribution in [2.24, 2.45) is 0 Å². The van der Waals surface area contributed by atoms with E-state index >= 15 is 0 Å². The van der Waals surface area contributed by atoms with Gasteiger partial charge in [-0.2, -0.15) is 5.21 Å². The van der Waals surface area contributed by atoms with Crippen LogP contribution in [0.2, 0.25) is 0 Å². The smallest absolute Gasteiger partial charge is 0.404 e. The first-order valence-electron chi connectivity index (χ1n) is 12.9. The van der Waals surface area contributed by atoms with Gasteiger partial charge in [0.1, 0.15) is 10.6 Å². The van der Waals surface area contributed by atoms with Gasteiger partial charge < -0.3 is 15.4 Å². The number of aromatic amines is 1. The Bertz CT molecular complexity index is 1740. The van der Waals surface area contributed by atoms with Gasteiger partial charge in [0.25, 0.3) is 11.9 Å². The summed E-state index contributed by atoms with van der Waals surface area (Å²) in [7, 11) is -4.16. The molecule has 0 saturated heterocycles. The molecule has 16 heteroatoms. The van der Waals surface area contributed by atoms with Crippen molar-refractivity contribution in [1.82, 2.24) is 25.9 Å². The average Bonchev–Trinajstić information content (AvgIpc) is 3.44. The molecular formula is C28H28F3N7O5S. The highest BCUT2D eigenvalue weighted by molar-refractivity contribution is 7.90. The van der Waals surface area contributed by atoms with Crippen LogP contribution in [-0.2, 0) is 15.3 Å². The number of amides is 3. The van der Waals surface area contributed by atoms with Gasteiger partial charge in [-0.05, 0) is 57.7 Å². The fourth-order valence-electron chi connectivity index (χ4n) is 4.13. The summed E-state index contributed by atoms with van der Waals surface area (Å²) in [6.45, 7) is 6.16. The molecule has 1 atom stereocenters. The van der Waals surface area contributed by atoms with Crippen LogP contribution in [-0.4, -0.2) is 53.6 Å². The molecule has 0 fully saturated rings. The third kappa shape index (κ3) is 8.31. The van der Waals surface area contributed by atoms with Gasteiger partial charge >= 0.3 is 12.4 Å². The van der Waals surface area contributed by atoms with Crippen LogP contribution in [0.25, 0.3) is 0 Å². The van der Waals surface area contributed by atoms with Crippen LogP contribution in [0.1, 0.15) is 53.9 Å². The quantitative estimate of drug-likeness (QED) is 0.212. The van der Waals surface area contributed by atoms with Gasteiger partial charge in [-0.15, -0.1) is 18.3 Å². The number of nitrogens with zero attached hydrogens (tertiary/aromatic N) is 3. The second kappa shape index (κ2) is 12.3. The van der Waals surface area contributed by atoms with Crippen molar-refractivity contribution in [2.45, 2.75) is 43.5 Å². The van der Waals surface area contributed by atoms with Gasteiger partial charge in [0.15, 0.2) is 9.84 Å². The molecule has 1 heterocycles. The van der Waals surface area contributed by atoms with E-state index in [4.69, 9.17) is 0 Å². The second-order valence-corrected chi connectivity index (χ2v) is 12.7. The van der Waals surface area contributed by atoms with Crippen molar-refractivity contribution in [2.75, 3.05) is 16.9 Å². The van der Waals surface area contributed by atoms with Crippen LogP contribution in [0.4, 0.5) is 29.6 Å². The number of hydrogen-bond acceptors (Lipinski definition) is 8. The molecule has 0 bridgehead atoms. The summed E-state index contributed by atoms with van der Waals surface area (Å²) in [5.74, 6) is -1.42. The van der Waals surface area contributed by atoms with E-state index in [1.54, 1.807) is 24.3 Å². The predicted octanol–water partition coefficient (Wildman–Crippen LogP) is 4.96. The molecule has 0 radical (unpaired) electrons. The minimum absolute atomic E-state index is 0.00809. The predicted molar refractivity (Wildman–Crippen MR) is 154 cm³/mol. The second-order valence-electron chi connectivity index (χ2n) is 10.7. The summed E-state index contributed by atoms with van der Waals surface area (Å²) < 4.78 is 66.6. The van der Waals surface area contributed by atoms with Crippen molar-refractivity contribution >= 4 is 33.4 Å². The number of hydrogen-bond donors (Lipinski definition) is 4. The average molecular weight is 632 g/mol. The fourth-order valence-corrected chi connectivity index (χ4v) is 4.95. The number of carbonyl (C=O) groups is 2. The minimum Gasteiger partial charge on any atom is -0.404 e. The number of urea groups is 1. The van der Waals surface area contributed by atoms with E-state index in [1.165, 1.54) is 0 Å². The summed E-state index contributed by atoms with van der Waals surface area (Å²) in [4.78, 5) is 24.9. The van der Waals surface area contributed by atoms with Crippen molar-refractivity contribution < 1.29 is 35.9 Å². The molecular weight excluding hydrogens is 603 g/mol. The minimum atomic E-state index is -5.12. The molecule has 0 aliphatic rings. The SMILES string of the molecule is CC(C)(C)c1ccc(C(NC(=O)Nc2ccc(OC(F)(F)F)c(S(C)(=O)=O)c2)c2ccc(C(=O)Nc3nn[nH]n3)cc2)cc1. The monoisotopic (exact) mass is 631 g/mol. The van der Waals surface area contributed by atoms with Gasteiger partial charge in [-0.1, -0.05) is 62.3 Å². The van der Waals surface area contributed by atoms with Crippen molar-refractivity contribution in [3.63, 3.8) is 0 Å². The Balaban J connectivity index is 1.61. The molecule has 44 heavy (non-hydrogen) atoms. The number of anilines is 2. The summed E-state index contributed by atoms with van der Waals surface area (Å²) in [6, 6.07) is 15.1. The largest absolute Gasteiger partial charge is 0.573 e. The Morgan fingerprint density at radius 2 is 1.52 bits per heavy atom. The Labute approximate surface area is 250 Å². The molecule has 4 N–H and O–H groups in total. The molecule has 0 aliphatic heterocycles. The molecule has 0 saturated carbocycles. The lowest BCUT2D eigenvalue weighted by atomic mass is 9.85. The molecule has 3 amide bonds. The van der Waals surface area contributed by atoms with Gasteiger partial charge in [-0.3, -0.25) is 10.1 Å². The molecule has 4 rings (SSSR count). The van der Waals surface area contributed by atoms with Gasteiger partial charge in [0.2, 0.25) is 0 Å². The molecule has 3 aromatic carbocycles. The van der Waals surface area contributed by atoms with Crippen molar-refractivity contribution in [3.05, 3.63) is 89.0 Å². The zero-order chi connectivity index (χ0) is 32.3. The van der Waals surface area contributed by atoms with E-state index in [9.17, 15) is 31.2 Å². The third-order valence-electron chi connectivity index (χ3n) is 6.29. The van der Waals surface area contributed by atoms with E-state index in [1.807, 2.05) is 24.3 Å². The highest BCUT2D eigenvalue weighted by Gasteiger charge is 2.33. The maximum atomic E-state index is 13.2. The molecule has 0 aliphatic carbocycles. The van der Waals surface area contributed by atoms with Gasteiger partial charge in [0.05, 0.1) is 6.04 Å². The first kappa shape index (κ1) is 31.9. The standard InChI is InChI=1S/C28H28F3N7O5S/c1-27(2,3)19-11-9-17(10-12-19)23(16-5-7-18(8-6-16)24(39)34-25-35-37-38-36-25)33-26(40)32-20-13-14-21(43-28(29,30)31)22(15-20)44(4,41)42/h5-15,23H,1-4H3,(H2,32,33,40)(H2,34,35,36,37,38,39). The molecule has 0 spiro atoms. The van der Waals surface area contributed by atoms with E-state index < -0.39 is 44.8 Å². The van der Waals surface area contributed by atoms with E-state index in [-0.39, 0.29) is 22.6 Å². The lowest BCUT2D eigenvalue weighted by molar-refractivity contribution is -0.275. The van der Waals surface area contributed by atoms with Crippen molar-refractivity contribution in [3.8, 4) is 5.75 Å². The number of aromatic nitrogens is 4. The maximum Gasteiger partial charge on any atom is 0.573 e. The topological polar surface area (TPSA) is 168 Å². The Hall–Kier alpha value is -4.99. The number of carbonyl (C=O) groups excluding carboxylic acids is 2. The van der Waals surface area contributed by atoms with Crippen LogP contribution in [0, 0.1) is 0 Å². The zero-order valence-corrected chi connectivity index (χ0v) is 24.7. The van der Waals surface area contributed by atoms with Crippen molar-refractivity contribution in [1.29, 1.82) is 0 Å². The molecule has 12 nitrogen and oxygen atoms in total. The van der Waals surface area contributed by atoms with E-state index in [2.05, 4.69) is 62.1 Å². The first-order chi connectivity index (χ1) is 20.5. The number of halogens is 3. The highest BCUT2D eigenvalue weighted by Crippen LogP contribution is 2.32. The number of nitrogens with one attached hydrogen (secondary N) is 4. The van der Waals surface area contributed by atoms with Gasteiger partial charge in [0, 0.05) is 17.5 Å². The number of alkyl halides is 3. The van der Waals surface area contributed by atoms with Crippen LogP contribution in [0.3, 0.4) is 0 Å². The molecule has 4 aromatic rings. The van der Waals surface area contributed by atoms with E-state index in [0.717, 1.165) is 30.0 Å². The highest BCUT2D eigenvalue weighted by atomic mass is 32.2. The van der Waals surface area contributed by atoms with E-state index in [0.29, 0.717) is 11.1 Å². The van der Waals surface area contributed by atoms with Crippen LogP contribution in [0.5, 0.6) is 5.75 Å². The summed E-state index contributed by atoms with van der Waals surface area (Å²) in [6.07, 6.45) is -4.40. The number of benzene rings is 3. The van der Waals surface area contributed by atoms with Crippen LogP contribution >= 0.6 is 0 Å². The molecule has 232 valence electrons. The Kier molecular flexibility index (Phi) is 8.94. The summed E-state index contributed by atoms with van der Waals surface area (Å²) in [5.41, 5.74) is 2.37. The van der Waals surface area contributed by atoms with Gasteiger partial charge in [-0.25, -0.2) is 13.2 Å².